The first-order chi connectivity index (χ1) is 9.57. The monoisotopic (exact) mass is 306 g/mol. The van der Waals surface area contributed by atoms with Gasteiger partial charge >= 0.3 is 12.4 Å². The Bertz CT molecular complexity index is 643. The van der Waals surface area contributed by atoms with Crippen molar-refractivity contribution in [3.05, 3.63) is 47.4 Å². The van der Waals surface area contributed by atoms with Gasteiger partial charge in [0.05, 0.1) is 11.3 Å². The van der Waals surface area contributed by atoms with Crippen LogP contribution in [0.15, 0.2) is 30.5 Å². The van der Waals surface area contributed by atoms with E-state index in [2.05, 4.69) is 9.97 Å². The van der Waals surface area contributed by atoms with E-state index in [0.29, 0.717) is 6.07 Å². The summed E-state index contributed by atoms with van der Waals surface area (Å²) in [6, 6.07) is 3.38. The number of hydrogen-bond donors (Lipinski definition) is 0. The predicted molar refractivity (Wildman–Crippen MR) is 62.2 cm³/mol. The first-order valence-electron chi connectivity index (χ1n) is 5.67. The van der Waals surface area contributed by atoms with Crippen LogP contribution in [0.5, 0.6) is 0 Å². The van der Waals surface area contributed by atoms with E-state index in [0.717, 1.165) is 24.4 Å². The van der Waals surface area contributed by atoms with E-state index in [4.69, 9.17) is 0 Å². The molecule has 2 heterocycles. The van der Waals surface area contributed by atoms with Gasteiger partial charge in [0, 0.05) is 17.5 Å². The summed E-state index contributed by atoms with van der Waals surface area (Å²) in [6.45, 7) is 1.37. The molecule has 0 saturated carbocycles. The largest absolute Gasteiger partial charge is 0.433 e. The third-order valence-electron chi connectivity index (χ3n) is 2.63. The second-order valence-corrected chi connectivity index (χ2v) is 4.31. The lowest BCUT2D eigenvalue weighted by Crippen LogP contribution is -2.08. The molecule has 0 amide bonds. The van der Waals surface area contributed by atoms with Gasteiger partial charge in [0.25, 0.3) is 0 Å². The molecule has 0 spiro atoms. The average Bonchev–Trinajstić information content (AvgIpc) is 2.36. The summed E-state index contributed by atoms with van der Waals surface area (Å²) in [5.41, 5.74) is -1.92. The van der Waals surface area contributed by atoms with Gasteiger partial charge < -0.3 is 0 Å². The van der Waals surface area contributed by atoms with Gasteiger partial charge in [0.1, 0.15) is 5.69 Å². The third kappa shape index (κ3) is 3.50. The van der Waals surface area contributed by atoms with Crippen LogP contribution in [0, 0.1) is 6.92 Å². The molecule has 2 aromatic heterocycles. The van der Waals surface area contributed by atoms with Gasteiger partial charge in [-0.25, -0.2) is 0 Å². The number of aryl methyl sites for hydroxylation is 1. The van der Waals surface area contributed by atoms with Gasteiger partial charge in [-0.1, -0.05) is 0 Å². The van der Waals surface area contributed by atoms with E-state index < -0.39 is 23.6 Å². The molecule has 21 heavy (non-hydrogen) atoms. The van der Waals surface area contributed by atoms with Crippen LogP contribution in [-0.2, 0) is 12.4 Å². The number of pyridine rings is 2. The topological polar surface area (TPSA) is 25.8 Å². The Balaban J connectivity index is 2.45. The molecule has 0 saturated heterocycles. The molecule has 0 aliphatic carbocycles. The molecule has 2 rings (SSSR count). The van der Waals surface area contributed by atoms with E-state index >= 15 is 0 Å². The number of rotatable bonds is 1. The maximum atomic E-state index is 12.7. The van der Waals surface area contributed by atoms with Crippen LogP contribution < -0.4 is 0 Å². The van der Waals surface area contributed by atoms with Crippen molar-refractivity contribution in [3.63, 3.8) is 0 Å². The van der Waals surface area contributed by atoms with Crippen LogP contribution in [0.3, 0.4) is 0 Å². The van der Waals surface area contributed by atoms with Gasteiger partial charge in [-0.15, -0.1) is 0 Å². The molecule has 0 fully saturated rings. The van der Waals surface area contributed by atoms with Crippen LogP contribution >= 0.6 is 0 Å². The van der Waals surface area contributed by atoms with Crippen LogP contribution in [-0.4, -0.2) is 9.97 Å². The van der Waals surface area contributed by atoms with E-state index in [1.165, 1.54) is 6.92 Å². The Morgan fingerprint density at radius 3 is 2.05 bits per heavy atom. The van der Waals surface area contributed by atoms with Gasteiger partial charge in [-0.2, -0.15) is 26.3 Å². The number of halogens is 6. The maximum Gasteiger partial charge on any atom is 0.433 e. The standard InChI is InChI=1S/C13H8F6N2/c1-7-4-9(12(14,15)16)5-10(21-7)8-2-3-11(20-6-8)13(17,18)19/h2-6H,1H3. The van der Waals surface area contributed by atoms with Crippen molar-refractivity contribution in [2.24, 2.45) is 0 Å². The fourth-order valence-corrected chi connectivity index (χ4v) is 1.69. The zero-order valence-corrected chi connectivity index (χ0v) is 10.5. The number of hydrogen-bond acceptors (Lipinski definition) is 2. The van der Waals surface area contributed by atoms with Crippen molar-refractivity contribution in [2.75, 3.05) is 0 Å². The van der Waals surface area contributed by atoms with Crippen LogP contribution in [0.1, 0.15) is 17.0 Å². The molecule has 0 bridgehead atoms. The van der Waals surface area contributed by atoms with Crippen molar-refractivity contribution in [2.45, 2.75) is 19.3 Å². The Hall–Kier alpha value is -2.12. The fraction of sp³-hybridized carbons (Fsp3) is 0.231. The van der Waals surface area contributed by atoms with Crippen molar-refractivity contribution >= 4 is 0 Å². The molecule has 0 aliphatic heterocycles. The Kier molecular flexibility index (Phi) is 3.65. The quantitative estimate of drug-likeness (QED) is 0.725. The van der Waals surface area contributed by atoms with Gasteiger partial charge in [0.2, 0.25) is 0 Å². The minimum Gasteiger partial charge on any atom is -0.253 e. The second kappa shape index (κ2) is 5.01. The summed E-state index contributed by atoms with van der Waals surface area (Å²) in [5, 5.41) is 0. The highest BCUT2D eigenvalue weighted by atomic mass is 19.4. The minimum absolute atomic E-state index is 0.0800. The van der Waals surface area contributed by atoms with Crippen LogP contribution in [0.25, 0.3) is 11.3 Å². The maximum absolute atomic E-state index is 12.7. The molecule has 0 N–H and O–H groups in total. The predicted octanol–water partition coefficient (Wildman–Crippen LogP) is 4.49. The lowest BCUT2D eigenvalue weighted by Gasteiger charge is -2.10. The highest BCUT2D eigenvalue weighted by Gasteiger charge is 2.33. The van der Waals surface area contributed by atoms with Crippen molar-refractivity contribution in [3.8, 4) is 11.3 Å². The summed E-state index contributed by atoms with van der Waals surface area (Å²) in [4.78, 5) is 7.09. The van der Waals surface area contributed by atoms with Gasteiger partial charge in [-0.05, 0) is 31.2 Å². The summed E-state index contributed by atoms with van der Waals surface area (Å²) in [7, 11) is 0. The molecule has 0 aliphatic rings. The van der Waals surface area contributed by atoms with Gasteiger partial charge in [-0.3, -0.25) is 9.97 Å². The molecular weight excluding hydrogens is 298 g/mol. The molecule has 112 valence electrons. The minimum atomic E-state index is -4.60. The normalized spacial score (nSPS) is 12.5. The van der Waals surface area contributed by atoms with Crippen LogP contribution in [0.2, 0.25) is 0 Å². The van der Waals surface area contributed by atoms with Crippen LogP contribution in [0.4, 0.5) is 26.3 Å². The first kappa shape index (κ1) is 15.3. The zero-order chi connectivity index (χ0) is 15.8. The molecule has 0 radical (unpaired) electrons. The highest BCUT2D eigenvalue weighted by molar-refractivity contribution is 5.59. The smallest absolute Gasteiger partial charge is 0.253 e. The molecule has 8 heteroatoms. The first-order valence-corrected chi connectivity index (χ1v) is 5.67. The van der Waals surface area contributed by atoms with Crippen molar-refractivity contribution in [1.29, 1.82) is 0 Å². The summed E-state index contributed by atoms with van der Waals surface area (Å²) < 4.78 is 75.2. The Labute approximate surface area is 115 Å². The Morgan fingerprint density at radius 2 is 1.57 bits per heavy atom. The van der Waals surface area contributed by atoms with E-state index in [1.54, 1.807) is 0 Å². The molecule has 0 atom stereocenters. The summed E-state index contributed by atoms with van der Waals surface area (Å²) in [5.74, 6) is 0. The zero-order valence-electron chi connectivity index (χ0n) is 10.5. The number of aromatic nitrogens is 2. The molecule has 0 unspecified atom stereocenters. The summed E-state index contributed by atoms with van der Waals surface area (Å²) >= 11 is 0. The summed E-state index contributed by atoms with van der Waals surface area (Å²) in [6.07, 6.45) is -8.30. The average molecular weight is 306 g/mol. The Morgan fingerprint density at radius 1 is 0.905 bits per heavy atom. The van der Waals surface area contributed by atoms with E-state index in [-0.39, 0.29) is 17.0 Å². The van der Waals surface area contributed by atoms with Crippen molar-refractivity contribution in [1.82, 2.24) is 9.97 Å². The van der Waals surface area contributed by atoms with Crippen molar-refractivity contribution < 1.29 is 26.3 Å². The number of alkyl halides is 6. The fourth-order valence-electron chi connectivity index (χ4n) is 1.69. The lowest BCUT2D eigenvalue weighted by atomic mass is 10.1. The number of nitrogens with zero attached hydrogens (tertiary/aromatic N) is 2. The molecule has 2 aromatic rings. The van der Waals surface area contributed by atoms with E-state index in [9.17, 15) is 26.3 Å². The molecule has 2 nitrogen and oxygen atoms in total. The second-order valence-electron chi connectivity index (χ2n) is 4.31. The van der Waals surface area contributed by atoms with Gasteiger partial charge in [0.15, 0.2) is 0 Å². The van der Waals surface area contributed by atoms with E-state index in [1.807, 2.05) is 0 Å². The molecular formula is C13H8F6N2. The SMILES string of the molecule is Cc1cc(C(F)(F)F)cc(-c2ccc(C(F)(F)F)nc2)n1. The highest BCUT2D eigenvalue weighted by Crippen LogP contribution is 2.33. The lowest BCUT2D eigenvalue weighted by molar-refractivity contribution is -0.141. The molecule has 0 aromatic carbocycles. The third-order valence-corrected chi connectivity index (χ3v) is 2.63.